The van der Waals surface area contributed by atoms with Gasteiger partial charge in [0.1, 0.15) is 29.1 Å². The fourth-order valence-corrected chi connectivity index (χ4v) is 5.98. The van der Waals surface area contributed by atoms with E-state index in [0.29, 0.717) is 40.5 Å². The van der Waals surface area contributed by atoms with Gasteiger partial charge < -0.3 is 19.3 Å². The summed E-state index contributed by atoms with van der Waals surface area (Å²) in [5, 5.41) is 16.7. The summed E-state index contributed by atoms with van der Waals surface area (Å²) in [5.41, 5.74) is 1.82. The van der Waals surface area contributed by atoms with Gasteiger partial charge in [-0.25, -0.2) is 4.98 Å². The van der Waals surface area contributed by atoms with Crippen molar-refractivity contribution >= 4 is 5.82 Å². The second-order valence-corrected chi connectivity index (χ2v) is 10.4. The molecule has 38 heavy (non-hydrogen) atoms. The number of ether oxygens (including phenoxy) is 2. The number of fused-ring (bicyclic) bond motifs is 2. The number of hydrogen-bond acceptors (Lipinski definition) is 7. The van der Waals surface area contributed by atoms with Gasteiger partial charge in [0.15, 0.2) is 0 Å². The molecular weight excluding hydrogens is 497 g/mol. The van der Waals surface area contributed by atoms with Crippen LogP contribution in [0, 0.1) is 23.2 Å². The van der Waals surface area contributed by atoms with Crippen molar-refractivity contribution in [1.82, 2.24) is 10.1 Å². The van der Waals surface area contributed by atoms with Crippen molar-refractivity contribution in [3.8, 4) is 23.1 Å². The summed E-state index contributed by atoms with van der Waals surface area (Å²) >= 11 is 0. The summed E-state index contributed by atoms with van der Waals surface area (Å²) < 4.78 is 55.5. The lowest BCUT2D eigenvalue weighted by Crippen LogP contribution is -2.39. The van der Waals surface area contributed by atoms with Crippen LogP contribution in [0.25, 0.3) is 11.3 Å². The van der Waals surface area contributed by atoms with Gasteiger partial charge in [-0.1, -0.05) is 17.3 Å². The molecule has 3 fully saturated rings. The van der Waals surface area contributed by atoms with Gasteiger partial charge in [-0.15, -0.1) is 13.2 Å². The van der Waals surface area contributed by atoms with E-state index in [9.17, 15) is 13.2 Å². The number of para-hydroxylation sites is 1. The molecule has 2 aromatic heterocycles. The SMILES string of the molecule is N#Cc1ccc(NC2[C@@H]3CC[C@H]2CC(OCc2c(-c4ccccc4OC(F)(F)F)noc2C2CC2)C3)nc1. The number of benzene rings is 1. The number of anilines is 1. The molecule has 3 aliphatic carbocycles. The second kappa shape index (κ2) is 9.95. The summed E-state index contributed by atoms with van der Waals surface area (Å²) in [7, 11) is 0. The molecule has 2 heterocycles. The predicted molar refractivity (Wildman–Crippen MR) is 131 cm³/mol. The number of rotatable bonds is 8. The van der Waals surface area contributed by atoms with Crippen molar-refractivity contribution in [2.75, 3.05) is 5.32 Å². The molecule has 10 heteroatoms. The highest BCUT2D eigenvalue weighted by atomic mass is 19.4. The zero-order valence-corrected chi connectivity index (χ0v) is 20.6. The molecule has 6 rings (SSSR count). The van der Waals surface area contributed by atoms with E-state index in [1.807, 2.05) is 6.07 Å². The Morgan fingerprint density at radius 2 is 1.82 bits per heavy atom. The number of nitriles is 1. The smallest absolute Gasteiger partial charge is 0.405 e. The molecular formula is C28H27F3N4O3. The molecule has 3 aromatic rings. The Hall–Kier alpha value is -3.58. The third-order valence-corrected chi connectivity index (χ3v) is 7.86. The van der Waals surface area contributed by atoms with E-state index >= 15 is 0 Å². The van der Waals surface area contributed by atoms with Crippen LogP contribution in [0.5, 0.6) is 5.75 Å². The maximum atomic E-state index is 13.0. The molecule has 4 atom stereocenters. The lowest BCUT2D eigenvalue weighted by Gasteiger charge is -2.36. The topological polar surface area (TPSA) is 93.2 Å². The van der Waals surface area contributed by atoms with E-state index in [1.54, 1.807) is 24.4 Å². The Bertz CT molecular complexity index is 1320. The molecule has 1 N–H and O–H groups in total. The van der Waals surface area contributed by atoms with E-state index < -0.39 is 6.36 Å². The number of aromatic nitrogens is 2. The van der Waals surface area contributed by atoms with Crippen LogP contribution < -0.4 is 10.1 Å². The first kappa shape index (κ1) is 24.7. The van der Waals surface area contributed by atoms with Crippen molar-refractivity contribution in [2.45, 2.75) is 69.6 Å². The predicted octanol–water partition coefficient (Wildman–Crippen LogP) is 6.57. The van der Waals surface area contributed by atoms with Crippen LogP contribution in [0.4, 0.5) is 19.0 Å². The Morgan fingerprint density at radius 3 is 2.47 bits per heavy atom. The quantitative estimate of drug-likeness (QED) is 0.356. The summed E-state index contributed by atoms with van der Waals surface area (Å²) in [6, 6.07) is 12.0. The van der Waals surface area contributed by atoms with E-state index in [1.165, 1.54) is 12.1 Å². The molecule has 0 spiro atoms. The van der Waals surface area contributed by atoms with Crippen LogP contribution >= 0.6 is 0 Å². The van der Waals surface area contributed by atoms with E-state index in [4.69, 9.17) is 14.5 Å². The summed E-state index contributed by atoms with van der Waals surface area (Å²) in [6.07, 6.45) is 2.71. The number of pyridine rings is 1. The van der Waals surface area contributed by atoms with E-state index in [0.717, 1.165) is 44.3 Å². The maximum Gasteiger partial charge on any atom is 0.573 e. The van der Waals surface area contributed by atoms with Crippen LogP contribution in [-0.2, 0) is 11.3 Å². The van der Waals surface area contributed by atoms with E-state index in [-0.39, 0.29) is 29.9 Å². The highest BCUT2D eigenvalue weighted by Gasteiger charge is 2.44. The molecule has 3 aliphatic rings. The van der Waals surface area contributed by atoms with E-state index in [2.05, 4.69) is 26.3 Å². The van der Waals surface area contributed by atoms with Crippen LogP contribution in [-0.4, -0.2) is 28.6 Å². The first-order valence-electron chi connectivity index (χ1n) is 13.0. The molecule has 0 radical (unpaired) electrons. The molecule has 0 aliphatic heterocycles. The van der Waals surface area contributed by atoms with Gasteiger partial charge in [0.05, 0.1) is 18.3 Å². The molecule has 198 valence electrons. The number of hydrogen-bond donors (Lipinski definition) is 1. The monoisotopic (exact) mass is 524 g/mol. The Morgan fingerprint density at radius 1 is 1.05 bits per heavy atom. The third kappa shape index (κ3) is 5.20. The molecule has 3 saturated carbocycles. The van der Waals surface area contributed by atoms with Crippen molar-refractivity contribution < 1.29 is 27.2 Å². The fourth-order valence-electron chi connectivity index (χ4n) is 5.98. The maximum absolute atomic E-state index is 13.0. The first-order chi connectivity index (χ1) is 18.4. The molecule has 1 aromatic carbocycles. The largest absolute Gasteiger partial charge is 0.573 e. The number of nitrogens with zero attached hydrogens (tertiary/aromatic N) is 3. The fraction of sp³-hybridized carbons (Fsp3) is 0.464. The average molecular weight is 525 g/mol. The molecule has 2 unspecified atom stereocenters. The lowest BCUT2D eigenvalue weighted by molar-refractivity contribution is -0.274. The van der Waals surface area contributed by atoms with Crippen molar-refractivity contribution in [2.24, 2.45) is 11.8 Å². The Balaban J connectivity index is 1.16. The summed E-state index contributed by atoms with van der Waals surface area (Å²) in [6.45, 7) is 0.227. The van der Waals surface area contributed by atoms with Gasteiger partial charge in [0, 0.05) is 29.3 Å². The van der Waals surface area contributed by atoms with Gasteiger partial charge in [-0.2, -0.15) is 5.26 Å². The average Bonchev–Trinajstić information content (AvgIpc) is 3.61. The minimum absolute atomic E-state index is 0.0379. The van der Waals surface area contributed by atoms with Gasteiger partial charge in [0.25, 0.3) is 0 Å². The Kier molecular flexibility index (Phi) is 6.48. The number of halogens is 3. The highest BCUT2D eigenvalue weighted by Crippen LogP contribution is 2.47. The zero-order valence-electron chi connectivity index (χ0n) is 20.6. The molecule has 2 bridgehead atoms. The van der Waals surface area contributed by atoms with Crippen molar-refractivity contribution in [3.63, 3.8) is 0 Å². The standard InChI is InChI=1S/C28H27F3N4O3/c29-28(30,31)37-23-4-2-1-3-21(23)26-22(27(38-35-26)17-6-7-17)15-36-20-11-18-8-9-19(12-20)25(18)34-24-10-5-16(13-32)14-33-24/h1-5,10,14,17-20,25H,6-9,11-12,15H2,(H,33,34)/t18-,19+,20?,25?. The van der Waals surface area contributed by atoms with Gasteiger partial charge in [-0.3, -0.25) is 0 Å². The van der Waals surface area contributed by atoms with Gasteiger partial charge >= 0.3 is 6.36 Å². The third-order valence-electron chi connectivity index (χ3n) is 7.86. The molecule has 0 amide bonds. The first-order valence-corrected chi connectivity index (χ1v) is 13.0. The van der Waals surface area contributed by atoms with Gasteiger partial charge in [-0.05, 0) is 74.6 Å². The number of alkyl halides is 3. The second-order valence-electron chi connectivity index (χ2n) is 10.4. The van der Waals surface area contributed by atoms with Crippen molar-refractivity contribution in [3.05, 3.63) is 59.5 Å². The molecule has 0 saturated heterocycles. The van der Waals surface area contributed by atoms with Gasteiger partial charge in [0.2, 0.25) is 0 Å². The van der Waals surface area contributed by atoms with Crippen LogP contribution in [0.15, 0.2) is 47.1 Å². The van der Waals surface area contributed by atoms with Crippen LogP contribution in [0.3, 0.4) is 0 Å². The normalized spacial score (nSPS) is 24.7. The van der Waals surface area contributed by atoms with Crippen LogP contribution in [0.1, 0.15) is 61.3 Å². The lowest BCUT2D eigenvalue weighted by atomic mass is 9.82. The highest BCUT2D eigenvalue weighted by molar-refractivity contribution is 5.70. The summed E-state index contributed by atoms with van der Waals surface area (Å²) in [5.74, 6) is 2.25. The van der Waals surface area contributed by atoms with Crippen LogP contribution in [0.2, 0.25) is 0 Å². The molecule has 7 nitrogen and oxygen atoms in total. The Labute approximate surface area is 217 Å². The zero-order chi connectivity index (χ0) is 26.3. The summed E-state index contributed by atoms with van der Waals surface area (Å²) in [4.78, 5) is 4.37. The van der Waals surface area contributed by atoms with Crippen molar-refractivity contribution in [1.29, 1.82) is 5.26 Å². The minimum Gasteiger partial charge on any atom is -0.405 e. The minimum atomic E-state index is -4.81. The number of nitrogens with one attached hydrogen (secondary N) is 1.